The Hall–Kier alpha value is -1.59. The molecule has 0 spiro atoms. The van der Waals surface area contributed by atoms with Gasteiger partial charge < -0.3 is 40.3 Å². The molecule has 0 radical (unpaired) electrons. The monoisotopic (exact) mass is 864 g/mol. The van der Waals surface area contributed by atoms with Gasteiger partial charge in [0.1, 0.15) is 24.4 Å². The highest BCUT2D eigenvalue weighted by Crippen LogP contribution is 2.23. The third-order valence-electron chi connectivity index (χ3n) is 12.2. The van der Waals surface area contributed by atoms with Gasteiger partial charge in [0.2, 0.25) is 5.91 Å². The molecule has 0 aromatic heterocycles. The molecule has 7 atom stereocenters. The van der Waals surface area contributed by atoms with Crippen molar-refractivity contribution in [1.29, 1.82) is 0 Å². The maximum atomic E-state index is 13.0. The zero-order valence-electron chi connectivity index (χ0n) is 39.4. The van der Waals surface area contributed by atoms with Crippen LogP contribution < -0.4 is 5.32 Å². The van der Waals surface area contributed by atoms with Crippen LogP contribution in [0.5, 0.6) is 0 Å². The van der Waals surface area contributed by atoms with Crippen molar-refractivity contribution in [3.63, 3.8) is 0 Å². The average Bonchev–Trinajstić information content (AvgIpc) is 3.26. The summed E-state index contributed by atoms with van der Waals surface area (Å²) < 4.78 is 11.2. The van der Waals surface area contributed by atoms with Gasteiger partial charge in [-0.05, 0) is 51.4 Å². The van der Waals surface area contributed by atoms with Gasteiger partial charge in [0.25, 0.3) is 0 Å². The SMILES string of the molecule is CCCCCCCCCCC/C=C\C/C=C\CCCCCCCCCCCCCC(=O)NC(COC1OC(CO)C(O)C(O)C1O)C(O)/C=C/CCCCCCCCCCC. The van der Waals surface area contributed by atoms with E-state index >= 15 is 0 Å². The third kappa shape index (κ3) is 32.7. The highest BCUT2D eigenvalue weighted by Gasteiger charge is 2.44. The fourth-order valence-electron chi connectivity index (χ4n) is 8.07. The highest BCUT2D eigenvalue weighted by molar-refractivity contribution is 5.76. The van der Waals surface area contributed by atoms with Crippen LogP contribution in [-0.2, 0) is 14.3 Å². The molecular formula is C52H97NO8. The van der Waals surface area contributed by atoms with E-state index in [2.05, 4.69) is 43.5 Å². The van der Waals surface area contributed by atoms with E-state index in [1.165, 1.54) is 167 Å². The Labute approximate surface area is 374 Å². The first-order valence-corrected chi connectivity index (χ1v) is 25.7. The standard InChI is InChI=1S/C52H97NO8/c1-3-5-7-9-11-13-15-16-17-18-19-20-21-22-23-24-25-26-27-28-29-30-32-34-36-38-40-42-48(56)53-45(44-60-52-51(59)50(58)49(57)47(43-54)61-52)46(55)41-39-37-35-33-31-14-12-10-8-6-4-2/h19-20,22-23,39,41,45-47,49-52,54-55,57-59H,3-18,21,24-38,40,42-44H2,1-2H3,(H,53,56)/b20-19-,23-22-,41-39+. The number of aliphatic hydroxyl groups excluding tert-OH is 5. The summed E-state index contributed by atoms with van der Waals surface area (Å²) in [6, 6.07) is -0.804. The average molecular weight is 864 g/mol. The normalized spacial score (nSPS) is 20.7. The lowest BCUT2D eigenvalue weighted by atomic mass is 9.99. The summed E-state index contributed by atoms with van der Waals surface area (Å²) in [4.78, 5) is 13.0. The van der Waals surface area contributed by atoms with E-state index < -0.39 is 49.5 Å². The van der Waals surface area contributed by atoms with Crippen molar-refractivity contribution in [3.8, 4) is 0 Å². The van der Waals surface area contributed by atoms with Gasteiger partial charge in [-0.15, -0.1) is 0 Å². The summed E-state index contributed by atoms with van der Waals surface area (Å²) in [5, 5.41) is 54.2. The van der Waals surface area contributed by atoms with Gasteiger partial charge in [0, 0.05) is 6.42 Å². The number of nitrogens with one attached hydrogen (secondary N) is 1. The molecule has 1 fully saturated rings. The molecule has 1 saturated heterocycles. The zero-order valence-corrected chi connectivity index (χ0v) is 39.4. The number of hydrogen-bond donors (Lipinski definition) is 6. The zero-order chi connectivity index (χ0) is 44.4. The van der Waals surface area contributed by atoms with E-state index in [0.717, 1.165) is 44.9 Å². The summed E-state index contributed by atoms with van der Waals surface area (Å²) in [6.07, 6.45) is 46.3. The first-order valence-electron chi connectivity index (χ1n) is 25.7. The molecule has 61 heavy (non-hydrogen) atoms. The van der Waals surface area contributed by atoms with Crippen molar-refractivity contribution < 1.29 is 39.8 Å². The van der Waals surface area contributed by atoms with E-state index in [1.807, 2.05) is 6.08 Å². The third-order valence-corrected chi connectivity index (χ3v) is 12.2. The number of hydrogen-bond acceptors (Lipinski definition) is 8. The summed E-state index contributed by atoms with van der Waals surface area (Å²) in [7, 11) is 0. The molecule has 6 N–H and O–H groups in total. The molecule has 0 saturated carbocycles. The van der Waals surface area contributed by atoms with Crippen LogP contribution in [0.25, 0.3) is 0 Å². The van der Waals surface area contributed by atoms with Crippen LogP contribution in [0, 0.1) is 0 Å². The molecule has 1 rings (SSSR count). The number of amides is 1. The lowest BCUT2D eigenvalue weighted by Gasteiger charge is -2.40. The van der Waals surface area contributed by atoms with Crippen LogP contribution in [0.4, 0.5) is 0 Å². The van der Waals surface area contributed by atoms with Crippen LogP contribution in [0.1, 0.15) is 232 Å². The second-order valence-electron chi connectivity index (χ2n) is 18.0. The van der Waals surface area contributed by atoms with Gasteiger partial charge in [-0.1, -0.05) is 211 Å². The minimum absolute atomic E-state index is 0.180. The van der Waals surface area contributed by atoms with Gasteiger partial charge in [0.05, 0.1) is 25.4 Å². The van der Waals surface area contributed by atoms with E-state index in [9.17, 15) is 30.3 Å². The van der Waals surface area contributed by atoms with Gasteiger partial charge in [-0.2, -0.15) is 0 Å². The molecule has 358 valence electrons. The Morgan fingerprint density at radius 1 is 0.557 bits per heavy atom. The first-order chi connectivity index (χ1) is 29.8. The number of carbonyl (C=O) groups is 1. The van der Waals surface area contributed by atoms with Crippen LogP contribution in [-0.4, -0.2) is 87.5 Å². The quantitative estimate of drug-likeness (QED) is 0.0262. The van der Waals surface area contributed by atoms with E-state index in [-0.39, 0.29) is 12.5 Å². The van der Waals surface area contributed by atoms with Crippen molar-refractivity contribution in [2.45, 2.75) is 275 Å². The molecule has 7 unspecified atom stereocenters. The number of ether oxygens (including phenoxy) is 2. The molecule has 1 aliphatic rings. The maximum absolute atomic E-state index is 13.0. The molecule has 0 aromatic carbocycles. The fourth-order valence-corrected chi connectivity index (χ4v) is 8.07. The molecule has 9 heteroatoms. The van der Waals surface area contributed by atoms with Crippen molar-refractivity contribution in [3.05, 3.63) is 36.5 Å². The van der Waals surface area contributed by atoms with Crippen molar-refractivity contribution >= 4 is 5.91 Å². The molecule has 0 aliphatic carbocycles. The molecule has 0 bridgehead atoms. The van der Waals surface area contributed by atoms with Gasteiger partial charge in [-0.25, -0.2) is 0 Å². The molecular weight excluding hydrogens is 767 g/mol. The topological polar surface area (TPSA) is 149 Å². The Morgan fingerprint density at radius 3 is 1.41 bits per heavy atom. The maximum Gasteiger partial charge on any atom is 0.220 e. The molecule has 1 amide bonds. The smallest absolute Gasteiger partial charge is 0.220 e. The predicted octanol–water partition coefficient (Wildman–Crippen LogP) is 11.6. The van der Waals surface area contributed by atoms with E-state index in [1.54, 1.807) is 6.08 Å². The van der Waals surface area contributed by atoms with Gasteiger partial charge in [0.15, 0.2) is 6.29 Å². The van der Waals surface area contributed by atoms with Crippen LogP contribution >= 0.6 is 0 Å². The second-order valence-corrected chi connectivity index (χ2v) is 18.0. The Kier molecular flexibility index (Phi) is 39.9. The van der Waals surface area contributed by atoms with Crippen molar-refractivity contribution in [2.24, 2.45) is 0 Å². The Morgan fingerprint density at radius 2 is 0.967 bits per heavy atom. The van der Waals surface area contributed by atoms with Crippen LogP contribution in [0.3, 0.4) is 0 Å². The minimum atomic E-state index is -1.57. The lowest BCUT2D eigenvalue weighted by Crippen LogP contribution is -2.60. The molecule has 9 nitrogen and oxygen atoms in total. The fraction of sp³-hybridized carbons (Fsp3) is 0.865. The van der Waals surface area contributed by atoms with E-state index in [4.69, 9.17) is 9.47 Å². The predicted molar refractivity (Wildman–Crippen MR) is 253 cm³/mol. The number of rotatable bonds is 43. The van der Waals surface area contributed by atoms with Gasteiger partial charge in [-0.3, -0.25) is 4.79 Å². The molecule has 1 heterocycles. The van der Waals surface area contributed by atoms with Gasteiger partial charge >= 0.3 is 0 Å². The van der Waals surface area contributed by atoms with E-state index in [0.29, 0.717) is 6.42 Å². The minimum Gasteiger partial charge on any atom is -0.394 e. The summed E-state index contributed by atoms with van der Waals surface area (Å²) in [5.41, 5.74) is 0. The lowest BCUT2D eigenvalue weighted by molar-refractivity contribution is -0.302. The van der Waals surface area contributed by atoms with Crippen LogP contribution in [0.15, 0.2) is 36.5 Å². The summed E-state index contributed by atoms with van der Waals surface area (Å²) >= 11 is 0. The Bertz CT molecular complexity index is 1050. The number of unbranched alkanes of at least 4 members (excludes halogenated alkanes) is 29. The largest absolute Gasteiger partial charge is 0.394 e. The molecule has 1 aliphatic heterocycles. The number of carbonyl (C=O) groups excluding carboxylic acids is 1. The molecule has 0 aromatic rings. The second kappa shape index (κ2) is 42.4. The first kappa shape index (κ1) is 57.4. The van der Waals surface area contributed by atoms with Crippen molar-refractivity contribution in [2.75, 3.05) is 13.2 Å². The number of aliphatic hydroxyl groups is 5. The highest BCUT2D eigenvalue weighted by atomic mass is 16.7. The van der Waals surface area contributed by atoms with Crippen molar-refractivity contribution in [1.82, 2.24) is 5.32 Å². The Balaban J connectivity index is 2.20. The number of allylic oxidation sites excluding steroid dienone is 5. The summed E-state index contributed by atoms with van der Waals surface area (Å²) in [6.45, 7) is 3.76. The summed E-state index contributed by atoms with van der Waals surface area (Å²) in [5.74, 6) is -0.180. The van der Waals surface area contributed by atoms with Crippen LogP contribution in [0.2, 0.25) is 0 Å².